The topological polar surface area (TPSA) is 179 Å². The summed E-state index contributed by atoms with van der Waals surface area (Å²) in [6, 6.07) is -2.56. The highest BCUT2D eigenvalue weighted by molar-refractivity contribution is 5.91. The first-order valence-electron chi connectivity index (χ1n) is 15.1. The number of aliphatic hydroxyl groups is 1. The number of hydrogen-bond acceptors (Lipinski definition) is 10. The quantitative estimate of drug-likeness (QED) is 0.202. The number of ether oxygens (including phenoxy) is 3. The molecule has 11 atom stereocenters. The smallest absolute Gasteiger partial charge is 0.328 e. The number of esters is 1. The molecule has 5 rings (SSSR count). The average Bonchev–Trinajstić information content (AvgIpc) is 3.13. The average molecular weight is 599 g/mol. The molecule has 5 fully saturated rings. The Balaban J connectivity index is 1.35. The van der Waals surface area contributed by atoms with E-state index in [1.807, 2.05) is 27.7 Å². The number of rotatable bonds is 11. The Morgan fingerprint density at radius 3 is 2.36 bits per heavy atom. The monoisotopic (exact) mass is 598 g/mol. The van der Waals surface area contributed by atoms with Crippen LogP contribution in [0.25, 0.3) is 0 Å². The van der Waals surface area contributed by atoms with Gasteiger partial charge in [0.25, 0.3) is 0 Å². The lowest BCUT2D eigenvalue weighted by Crippen LogP contribution is -2.70. The zero-order valence-electron chi connectivity index (χ0n) is 25.3. The predicted molar refractivity (Wildman–Crippen MR) is 145 cm³/mol. The van der Waals surface area contributed by atoms with E-state index in [2.05, 4.69) is 17.6 Å². The van der Waals surface area contributed by atoms with E-state index in [1.54, 1.807) is 0 Å². The van der Waals surface area contributed by atoms with Crippen molar-refractivity contribution < 1.29 is 53.4 Å². The van der Waals surface area contributed by atoms with Crippen molar-refractivity contribution in [3.63, 3.8) is 0 Å². The molecule has 5 aliphatic rings. The summed E-state index contributed by atoms with van der Waals surface area (Å²) in [5.74, 6) is -3.95. The van der Waals surface area contributed by atoms with Crippen LogP contribution in [0.1, 0.15) is 86.5 Å². The van der Waals surface area contributed by atoms with E-state index in [9.17, 15) is 29.4 Å². The second kappa shape index (κ2) is 12.7. The van der Waals surface area contributed by atoms with E-state index in [0.717, 1.165) is 19.3 Å². The summed E-state index contributed by atoms with van der Waals surface area (Å²) in [5, 5.41) is 23.8. The molecule has 13 heteroatoms. The molecule has 4 heterocycles. The van der Waals surface area contributed by atoms with Crippen LogP contribution < -0.4 is 10.6 Å². The van der Waals surface area contributed by atoms with E-state index >= 15 is 0 Å². The van der Waals surface area contributed by atoms with Crippen molar-refractivity contribution in [1.29, 1.82) is 0 Å². The lowest BCUT2D eigenvalue weighted by atomic mass is 9.58. The number of aliphatic carboxylic acids is 1. The van der Waals surface area contributed by atoms with Gasteiger partial charge in [-0.25, -0.2) is 14.6 Å². The first kappa shape index (κ1) is 32.6. The lowest BCUT2D eigenvalue weighted by Gasteiger charge is -2.59. The van der Waals surface area contributed by atoms with Crippen LogP contribution in [0.3, 0.4) is 0 Å². The molecule has 0 aromatic heterocycles. The highest BCUT2D eigenvalue weighted by atomic mass is 17.3. The second-order valence-corrected chi connectivity index (χ2v) is 13.1. The molecule has 42 heavy (non-hydrogen) atoms. The minimum atomic E-state index is -1.52. The fourth-order valence-electron chi connectivity index (χ4n) is 7.02. The van der Waals surface area contributed by atoms with Crippen molar-refractivity contribution in [1.82, 2.24) is 10.6 Å². The zero-order valence-corrected chi connectivity index (χ0v) is 25.3. The van der Waals surface area contributed by atoms with Gasteiger partial charge in [0, 0.05) is 24.7 Å². The van der Waals surface area contributed by atoms with Crippen LogP contribution >= 0.6 is 0 Å². The maximum Gasteiger partial charge on any atom is 0.328 e. The number of carbonyl (C=O) groups excluding carboxylic acids is 3. The largest absolute Gasteiger partial charge is 0.480 e. The summed E-state index contributed by atoms with van der Waals surface area (Å²) >= 11 is 0. The Morgan fingerprint density at radius 1 is 1.00 bits per heavy atom. The van der Waals surface area contributed by atoms with Crippen molar-refractivity contribution in [2.45, 2.75) is 129 Å². The molecule has 4 N–H and O–H groups in total. The Bertz CT molecular complexity index is 1040. The Labute approximate surface area is 246 Å². The highest BCUT2D eigenvalue weighted by Gasteiger charge is 2.69. The van der Waals surface area contributed by atoms with Gasteiger partial charge in [0.1, 0.15) is 6.04 Å². The van der Waals surface area contributed by atoms with E-state index in [-0.39, 0.29) is 42.9 Å². The third kappa shape index (κ3) is 6.59. The maximum atomic E-state index is 12.9. The molecular formula is C29H46N2O11. The van der Waals surface area contributed by atoms with Crippen LogP contribution in [-0.2, 0) is 43.2 Å². The molecule has 1 aliphatic carbocycles. The molecule has 0 aromatic carbocycles. The van der Waals surface area contributed by atoms with Crippen LogP contribution in [0.4, 0.5) is 0 Å². The highest BCUT2D eigenvalue weighted by Crippen LogP contribution is 2.60. The second-order valence-electron chi connectivity index (χ2n) is 13.1. The van der Waals surface area contributed by atoms with E-state index in [4.69, 9.17) is 24.0 Å². The standard InChI is InChI=1S/C29H46N2O11/c1-14(2)13-20(24(35)31-23(17(5)32)25(36)37)30-21(33)9-10-22(34)38-26-16(4)19-8-7-15(3)18-11-12-28(6)40-27(39-26)29(18,19)42-41-28/h14-20,23,26-27,32H,7-13H2,1-6H3,(H,30,33)(H,31,35)(H,36,37)/t15-,16+,17-,18+,19+,20+,23+,26-,27+,28+,29-/m1/s1. The molecule has 4 saturated heterocycles. The van der Waals surface area contributed by atoms with Gasteiger partial charge in [0.2, 0.25) is 23.9 Å². The van der Waals surface area contributed by atoms with Crippen molar-refractivity contribution in [3.05, 3.63) is 0 Å². The van der Waals surface area contributed by atoms with Crippen LogP contribution in [0.2, 0.25) is 0 Å². The predicted octanol–water partition coefficient (Wildman–Crippen LogP) is 2.00. The van der Waals surface area contributed by atoms with E-state index < -0.39 is 65.9 Å². The van der Waals surface area contributed by atoms with Gasteiger partial charge in [-0.15, -0.1) is 0 Å². The number of fused-ring (bicyclic) bond motifs is 2. The van der Waals surface area contributed by atoms with Gasteiger partial charge < -0.3 is 35.1 Å². The Hall–Kier alpha value is -2.32. The zero-order chi connectivity index (χ0) is 31.0. The summed E-state index contributed by atoms with van der Waals surface area (Å²) < 4.78 is 18.3. The number of carboxylic acids is 1. The summed E-state index contributed by atoms with van der Waals surface area (Å²) in [7, 11) is 0. The van der Waals surface area contributed by atoms with E-state index in [0.29, 0.717) is 12.3 Å². The van der Waals surface area contributed by atoms with Gasteiger partial charge >= 0.3 is 11.9 Å². The number of aliphatic hydroxyl groups excluding tert-OH is 1. The molecule has 2 bridgehead atoms. The number of amides is 2. The molecule has 238 valence electrons. The maximum absolute atomic E-state index is 12.9. The molecule has 0 aromatic rings. The van der Waals surface area contributed by atoms with Crippen LogP contribution in [0, 0.1) is 29.6 Å². The fourth-order valence-corrected chi connectivity index (χ4v) is 7.02. The summed E-state index contributed by atoms with van der Waals surface area (Å²) in [4.78, 5) is 61.6. The van der Waals surface area contributed by atoms with Crippen molar-refractivity contribution >= 4 is 23.8 Å². The van der Waals surface area contributed by atoms with Crippen LogP contribution in [-0.4, -0.2) is 76.1 Å². The third-order valence-corrected chi connectivity index (χ3v) is 9.31. The molecule has 1 spiro atoms. The van der Waals surface area contributed by atoms with Gasteiger partial charge in [-0.3, -0.25) is 14.4 Å². The van der Waals surface area contributed by atoms with Crippen LogP contribution in [0.5, 0.6) is 0 Å². The van der Waals surface area contributed by atoms with Gasteiger partial charge in [0.05, 0.1) is 12.5 Å². The molecule has 0 unspecified atom stereocenters. The van der Waals surface area contributed by atoms with E-state index in [1.165, 1.54) is 6.92 Å². The molecule has 13 nitrogen and oxygen atoms in total. The summed E-state index contributed by atoms with van der Waals surface area (Å²) in [6.07, 6.45) is 0.133. The van der Waals surface area contributed by atoms with Crippen LogP contribution in [0.15, 0.2) is 0 Å². The van der Waals surface area contributed by atoms with Gasteiger partial charge in [-0.2, -0.15) is 0 Å². The molecule has 2 amide bonds. The van der Waals surface area contributed by atoms with Crippen molar-refractivity contribution in [2.75, 3.05) is 0 Å². The lowest BCUT2D eigenvalue weighted by molar-refractivity contribution is -0.576. The molecular weight excluding hydrogens is 552 g/mol. The third-order valence-electron chi connectivity index (χ3n) is 9.31. The number of nitrogens with one attached hydrogen (secondary N) is 2. The first-order chi connectivity index (χ1) is 19.7. The minimum absolute atomic E-state index is 0.00504. The number of carbonyl (C=O) groups is 4. The Kier molecular flexibility index (Phi) is 9.88. The Morgan fingerprint density at radius 2 is 1.71 bits per heavy atom. The summed E-state index contributed by atoms with van der Waals surface area (Å²) in [6.45, 7) is 10.9. The normalized spacial score (nSPS) is 37.5. The van der Waals surface area contributed by atoms with Crippen molar-refractivity contribution in [3.8, 4) is 0 Å². The fraction of sp³-hybridized carbons (Fsp3) is 0.862. The van der Waals surface area contributed by atoms with Gasteiger partial charge in [-0.05, 0) is 57.3 Å². The number of hydrogen-bond donors (Lipinski definition) is 4. The minimum Gasteiger partial charge on any atom is -0.480 e. The molecule has 0 radical (unpaired) electrons. The number of carboxylic acid groups (broad SMARTS) is 1. The summed E-state index contributed by atoms with van der Waals surface area (Å²) in [5.41, 5.74) is -0.782. The molecule has 4 aliphatic heterocycles. The van der Waals surface area contributed by atoms with Gasteiger partial charge in [-0.1, -0.05) is 27.7 Å². The van der Waals surface area contributed by atoms with Gasteiger partial charge in [0.15, 0.2) is 17.9 Å². The molecule has 1 saturated carbocycles. The van der Waals surface area contributed by atoms with Crippen molar-refractivity contribution in [2.24, 2.45) is 29.6 Å². The first-order valence-corrected chi connectivity index (χ1v) is 15.1. The SMILES string of the molecule is CC(C)C[C@H](NC(=O)CCC(=O)O[C@@H]1O[C@H]2O[C@]3(C)CC[C@H]4[C@H](C)CC[C@@H]([C@@H]1C)[C@@]24OO3)C(=O)N[C@H](C(=O)O)[C@@H](C)O.